The number of anilines is 2. The molecule has 0 heterocycles. The number of rotatable bonds is 17. The van der Waals surface area contributed by atoms with Gasteiger partial charge in [0.25, 0.3) is 40.5 Å². The molecule has 0 unspecified atom stereocenters. The largest absolute Gasteiger partial charge is 1.00 e. The van der Waals surface area contributed by atoms with E-state index in [0.717, 1.165) is 24.3 Å². The Morgan fingerprint density at radius 3 is 1.06 bits per heavy atom. The van der Waals surface area contributed by atoms with E-state index in [2.05, 4.69) is 20.5 Å². The summed E-state index contributed by atoms with van der Waals surface area (Å²) in [6, 6.07) is 14.5. The van der Waals surface area contributed by atoms with Gasteiger partial charge in [-0.15, -0.1) is 20.5 Å². The number of methoxy groups -OCH3 is 2. The van der Waals surface area contributed by atoms with Crippen LogP contribution in [0.25, 0.3) is 32.7 Å². The summed E-state index contributed by atoms with van der Waals surface area (Å²) in [7, 11) is -17.8. The van der Waals surface area contributed by atoms with Crippen molar-refractivity contribution in [2.75, 3.05) is 65.1 Å². The summed E-state index contributed by atoms with van der Waals surface area (Å²) in [5.41, 5.74) is 11.0. The second-order valence-corrected chi connectivity index (χ2v) is 19.9. The minimum absolute atomic E-state index is 0. The quantitative estimate of drug-likeness (QED) is 0.0266. The standard InChI is InChI=1S/C34H28N6O16S4.C6H15NO3.Na/c1-55-23-11-15(3-7-19(23)37-39-21-9-5-17-25(57(43,44)45)13-27(59(49,50)51)31(35)29(17)33(21)41)16-4-8-20(24(12-16)56-2)38-40-22-10-6-18-26(58(46,47)48)14-28(60(52,53)54)32(36)30(18)34(22)42;8-4-1-7(2-5-9)3-6-10;/h3-14,41-42H,35-36H2,1-2H3,(H,43,44,45)(H,46,47,48)(H,49,50,51)(H,52,53,54);8-10H,1-6H2;/q;;+1. The van der Waals surface area contributed by atoms with E-state index >= 15 is 0 Å². The van der Waals surface area contributed by atoms with Crippen LogP contribution in [0.5, 0.6) is 23.0 Å². The van der Waals surface area contributed by atoms with Crippen molar-refractivity contribution in [1.29, 1.82) is 0 Å². The zero-order valence-corrected chi connectivity index (χ0v) is 42.6. The molecule has 0 saturated heterocycles. The molecule has 6 rings (SSSR count). The van der Waals surface area contributed by atoms with Crippen molar-refractivity contribution < 1.29 is 116 Å². The third kappa shape index (κ3) is 13.2. The first-order valence-electron chi connectivity index (χ1n) is 19.5. The third-order valence-corrected chi connectivity index (χ3v) is 13.6. The van der Waals surface area contributed by atoms with Crippen LogP contribution >= 0.6 is 0 Å². The monoisotopic (exact) mass is 1080 g/mol. The second-order valence-electron chi connectivity index (χ2n) is 14.4. The zero-order valence-electron chi connectivity index (χ0n) is 37.3. The van der Waals surface area contributed by atoms with Gasteiger partial charge in [0, 0.05) is 30.4 Å². The zero-order chi connectivity index (χ0) is 52.1. The number of aliphatic hydroxyl groups excluding tert-OH is 3. The Kier molecular flexibility index (Phi) is 19.0. The first kappa shape index (κ1) is 57.9. The van der Waals surface area contributed by atoms with E-state index in [9.17, 15) is 62.1 Å². The molecule has 0 amide bonds. The molecule has 6 aromatic rings. The van der Waals surface area contributed by atoms with Gasteiger partial charge in [0.1, 0.15) is 53.8 Å². The number of nitrogen functional groups attached to an aromatic ring is 2. The van der Waals surface area contributed by atoms with Gasteiger partial charge < -0.3 is 46.5 Å². The Morgan fingerprint density at radius 2 is 0.775 bits per heavy atom. The van der Waals surface area contributed by atoms with Crippen LogP contribution < -0.4 is 50.5 Å². The summed E-state index contributed by atoms with van der Waals surface area (Å²) in [4.78, 5) is -2.32. The van der Waals surface area contributed by atoms with E-state index in [1.165, 1.54) is 26.4 Å². The van der Waals surface area contributed by atoms with Gasteiger partial charge in [0.15, 0.2) is 11.5 Å². The van der Waals surface area contributed by atoms with Crippen LogP contribution in [0.1, 0.15) is 0 Å². The minimum Gasteiger partial charge on any atom is -0.505 e. The number of benzene rings is 6. The van der Waals surface area contributed by atoms with Gasteiger partial charge in [0.05, 0.1) is 56.2 Å². The van der Waals surface area contributed by atoms with E-state index in [0.29, 0.717) is 42.9 Å². The van der Waals surface area contributed by atoms with Crippen molar-refractivity contribution in [3.63, 3.8) is 0 Å². The maximum absolute atomic E-state index is 12.0. The number of nitrogens with zero attached hydrogens (tertiary/aromatic N) is 5. The van der Waals surface area contributed by atoms with Crippen molar-refractivity contribution in [1.82, 2.24) is 4.90 Å². The predicted octanol–water partition coefficient (Wildman–Crippen LogP) is 1.34. The SMILES string of the molecule is COc1cc(-c2ccc(N=Nc3ccc4c(S(=O)(=O)O)cc(S(=O)(=O)O)c(N)c4c3O)c(OC)c2)ccc1N=Nc1ccc2c(S(=O)(=O)O)cc(S(=O)(=O)O)c(N)c2c1O.OCCN(CCO)CCO.[Na+]. The summed E-state index contributed by atoms with van der Waals surface area (Å²) >= 11 is 0. The summed E-state index contributed by atoms with van der Waals surface area (Å²) in [5, 5.41) is 61.7. The molecule has 0 saturated carbocycles. The number of aromatic hydroxyl groups is 2. The second kappa shape index (κ2) is 23.2. The van der Waals surface area contributed by atoms with Crippen LogP contribution in [0.3, 0.4) is 0 Å². The van der Waals surface area contributed by atoms with Gasteiger partial charge in [-0.3, -0.25) is 23.1 Å². The molecule has 26 nitrogen and oxygen atoms in total. The number of azo groups is 2. The molecule has 0 aliphatic heterocycles. The van der Waals surface area contributed by atoms with Crippen molar-refractivity contribution in [2.45, 2.75) is 19.6 Å². The number of ether oxygens (including phenoxy) is 2. The molecule has 13 N–H and O–H groups in total. The minimum atomic E-state index is -5.13. The van der Waals surface area contributed by atoms with E-state index in [1.807, 2.05) is 0 Å². The number of phenolic OH excluding ortho intramolecular Hbond substituents is 2. The van der Waals surface area contributed by atoms with Crippen LogP contribution in [-0.2, 0) is 40.5 Å². The van der Waals surface area contributed by atoms with Crippen molar-refractivity contribution in [2.24, 2.45) is 20.5 Å². The van der Waals surface area contributed by atoms with E-state index in [4.69, 9.17) is 36.3 Å². The molecule has 0 radical (unpaired) electrons. The summed E-state index contributed by atoms with van der Waals surface area (Å²) in [5.74, 6) is -1.36. The van der Waals surface area contributed by atoms with Gasteiger partial charge in [-0.05, 0) is 59.7 Å². The van der Waals surface area contributed by atoms with Gasteiger partial charge >= 0.3 is 29.6 Å². The average molecular weight is 1080 g/mol. The summed E-state index contributed by atoms with van der Waals surface area (Å²) in [6.45, 7) is 1.75. The number of hydrogen-bond acceptors (Lipinski definition) is 22. The molecule has 0 bridgehead atoms. The van der Waals surface area contributed by atoms with Gasteiger partial charge in [-0.2, -0.15) is 33.7 Å². The predicted molar refractivity (Wildman–Crippen MR) is 250 cm³/mol. The Hall–Kier alpha value is -5.68. The Balaban J connectivity index is 0.000000896. The van der Waals surface area contributed by atoms with Crippen molar-refractivity contribution in [3.05, 3.63) is 72.8 Å². The molecule has 376 valence electrons. The maximum atomic E-state index is 12.0. The molecule has 0 atom stereocenters. The fourth-order valence-corrected chi connectivity index (χ4v) is 9.65. The van der Waals surface area contributed by atoms with Gasteiger partial charge in [0.2, 0.25) is 0 Å². The molecular formula is C40H43N7NaO19S4+. The van der Waals surface area contributed by atoms with Crippen LogP contribution in [0.4, 0.5) is 34.1 Å². The van der Waals surface area contributed by atoms with Crippen LogP contribution in [0.2, 0.25) is 0 Å². The molecule has 6 aromatic carbocycles. The van der Waals surface area contributed by atoms with Crippen LogP contribution in [0.15, 0.2) is 113 Å². The Labute approximate surface area is 426 Å². The Morgan fingerprint density at radius 1 is 0.479 bits per heavy atom. The number of hydrogen-bond donors (Lipinski definition) is 11. The van der Waals surface area contributed by atoms with Crippen molar-refractivity contribution in [3.8, 4) is 34.1 Å². The molecule has 0 fully saturated rings. The molecule has 0 aromatic heterocycles. The van der Waals surface area contributed by atoms with Crippen molar-refractivity contribution >= 4 is 96.1 Å². The average Bonchev–Trinajstić information content (AvgIpc) is 3.27. The molecular weight excluding hydrogens is 1030 g/mol. The number of phenols is 2. The molecule has 0 aliphatic rings. The third-order valence-electron chi connectivity index (χ3n) is 10.0. The molecule has 0 aliphatic carbocycles. The topological polar surface area (TPSA) is 442 Å². The number of aliphatic hydroxyl groups is 3. The van der Waals surface area contributed by atoms with E-state index < -0.39 is 93.7 Å². The summed E-state index contributed by atoms with van der Waals surface area (Å²) < 4.78 is 145. The first-order valence-corrected chi connectivity index (χ1v) is 25.3. The van der Waals surface area contributed by atoms with E-state index in [-0.39, 0.29) is 94.4 Å². The van der Waals surface area contributed by atoms with Crippen LogP contribution in [-0.4, -0.2) is 136 Å². The van der Waals surface area contributed by atoms with Gasteiger partial charge in [-0.1, -0.05) is 24.3 Å². The molecule has 31 heteroatoms. The maximum Gasteiger partial charge on any atom is 1.00 e. The first-order chi connectivity index (χ1) is 32.7. The summed E-state index contributed by atoms with van der Waals surface area (Å²) in [6.07, 6.45) is 0. The molecule has 0 spiro atoms. The number of fused-ring (bicyclic) bond motifs is 2. The van der Waals surface area contributed by atoms with Crippen LogP contribution in [0, 0.1) is 0 Å². The number of nitrogens with two attached hydrogens (primary N) is 2. The fraction of sp³-hybridized carbons (Fsp3) is 0.200. The smallest absolute Gasteiger partial charge is 0.505 e. The molecule has 71 heavy (non-hydrogen) atoms. The van der Waals surface area contributed by atoms with E-state index in [1.54, 1.807) is 29.2 Å². The Bertz CT molecular complexity index is 3290. The normalized spacial score (nSPS) is 12.4. The fourth-order valence-electron chi connectivity index (χ4n) is 6.78. The van der Waals surface area contributed by atoms with Gasteiger partial charge in [-0.25, -0.2) is 0 Å².